The SMILES string of the molecule is C[NH+](C)CCCc1c[nH]c2ccccc12.[Cl-]. The van der Waals surface area contributed by atoms with Gasteiger partial charge in [-0.05, 0) is 18.1 Å². The quantitative estimate of drug-likeness (QED) is 0.630. The number of H-pyrrole nitrogens is 1. The molecule has 0 atom stereocenters. The molecule has 0 fully saturated rings. The summed E-state index contributed by atoms with van der Waals surface area (Å²) in [4.78, 5) is 4.84. The van der Waals surface area contributed by atoms with Gasteiger partial charge < -0.3 is 22.3 Å². The molecule has 3 heteroatoms. The summed E-state index contributed by atoms with van der Waals surface area (Å²) in [6.45, 7) is 1.24. The number of rotatable bonds is 4. The van der Waals surface area contributed by atoms with Crippen molar-refractivity contribution in [3.05, 3.63) is 36.0 Å². The third kappa shape index (κ3) is 3.00. The minimum Gasteiger partial charge on any atom is -1.00 e. The van der Waals surface area contributed by atoms with Crippen LogP contribution in [0, 0.1) is 0 Å². The van der Waals surface area contributed by atoms with Crippen LogP contribution in [-0.4, -0.2) is 25.6 Å². The summed E-state index contributed by atoms with van der Waals surface area (Å²) in [5, 5.41) is 1.38. The van der Waals surface area contributed by atoms with E-state index in [2.05, 4.69) is 49.5 Å². The number of quaternary nitrogens is 1. The maximum Gasteiger partial charge on any atom is 0.0770 e. The van der Waals surface area contributed by atoms with E-state index in [1.165, 1.54) is 40.8 Å². The van der Waals surface area contributed by atoms with Crippen molar-refractivity contribution in [2.45, 2.75) is 12.8 Å². The Kier molecular flexibility index (Phi) is 4.84. The van der Waals surface area contributed by atoms with Crippen LogP contribution in [0.4, 0.5) is 0 Å². The zero-order valence-electron chi connectivity index (χ0n) is 9.89. The maximum absolute atomic E-state index is 3.32. The largest absolute Gasteiger partial charge is 1.00 e. The number of benzene rings is 1. The van der Waals surface area contributed by atoms with Gasteiger partial charge in [0.15, 0.2) is 0 Å². The highest BCUT2D eigenvalue weighted by molar-refractivity contribution is 5.82. The van der Waals surface area contributed by atoms with Crippen LogP contribution in [0.1, 0.15) is 12.0 Å². The zero-order valence-corrected chi connectivity index (χ0v) is 10.6. The first-order chi connectivity index (χ1) is 7.27. The smallest absolute Gasteiger partial charge is 0.0770 e. The van der Waals surface area contributed by atoms with Crippen molar-refractivity contribution in [1.29, 1.82) is 0 Å². The third-order valence-corrected chi connectivity index (χ3v) is 2.80. The van der Waals surface area contributed by atoms with E-state index in [4.69, 9.17) is 0 Å². The van der Waals surface area contributed by atoms with Crippen molar-refractivity contribution in [3.8, 4) is 0 Å². The summed E-state index contributed by atoms with van der Waals surface area (Å²) in [5.41, 5.74) is 2.71. The van der Waals surface area contributed by atoms with Gasteiger partial charge in [0.25, 0.3) is 0 Å². The van der Waals surface area contributed by atoms with Gasteiger partial charge in [-0.3, -0.25) is 0 Å². The molecule has 0 bridgehead atoms. The Morgan fingerprint density at radius 1 is 1.19 bits per heavy atom. The number of aryl methyl sites for hydroxylation is 1. The molecule has 0 unspecified atom stereocenters. The molecule has 1 heterocycles. The highest BCUT2D eigenvalue weighted by Gasteiger charge is 2.03. The maximum atomic E-state index is 3.32. The molecular weight excluding hydrogens is 220 g/mol. The Hall–Kier alpha value is -0.990. The number of aromatic nitrogens is 1. The van der Waals surface area contributed by atoms with E-state index in [1.54, 1.807) is 0 Å². The lowest BCUT2D eigenvalue weighted by Crippen LogP contribution is -3.05. The Balaban J connectivity index is 0.00000128. The summed E-state index contributed by atoms with van der Waals surface area (Å²) >= 11 is 0. The fraction of sp³-hybridized carbons (Fsp3) is 0.385. The minimum absolute atomic E-state index is 0. The van der Waals surface area contributed by atoms with E-state index in [0.717, 1.165) is 0 Å². The van der Waals surface area contributed by atoms with Gasteiger partial charge in [0, 0.05) is 23.5 Å². The van der Waals surface area contributed by atoms with Crippen LogP contribution in [0.15, 0.2) is 30.5 Å². The van der Waals surface area contributed by atoms with Gasteiger partial charge in [-0.25, -0.2) is 0 Å². The van der Waals surface area contributed by atoms with Crippen LogP contribution in [0.5, 0.6) is 0 Å². The van der Waals surface area contributed by atoms with Crippen LogP contribution in [0.3, 0.4) is 0 Å². The normalized spacial score (nSPS) is 10.7. The van der Waals surface area contributed by atoms with Gasteiger partial charge >= 0.3 is 0 Å². The van der Waals surface area contributed by atoms with E-state index in [-0.39, 0.29) is 12.4 Å². The minimum atomic E-state index is 0. The molecule has 0 saturated heterocycles. The van der Waals surface area contributed by atoms with Gasteiger partial charge in [0.2, 0.25) is 0 Å². The lowest BCUT2D eigenvalue weighted by molar-refractivity contribution is -0.858. The van der Waals surface area contributed by atoms with E-state index in [1.807, 2.05) is 0 Å². The molecule has 0 radical (unpaired) electrons. The van der Waals surface area contributed by atoms with Crippen molar-refractivity contribution in [1.82, 2.24) is 4.98 Å². The van der Waals surface area contributed by atoms with E-state index in [9.17, 15) is 0 Å². The van der Waals surface area contributed by atoms with E-state index >= 15 is 0 Å². The first-order valence-electron chi connectivity index (χ1n) is 5.61. The lowest BCUT2D eigenvalue weighted by atomic mass is 10.1. The Labute approximate surface area is 103 Å². The Bertz CT molecular complexity index is 434. The molecule has 0 aliphatic rings. The summed E-state index contributed by atoms with van der Waals surface area (Å²) in [5.74, 6) is 0. The number of halogens is 1. The van der Waals surface area contributed by atoms with E-state index < -0.39 is 0 Å². The van der Waals surface area contributed by atoms with Crippen molar-refractivity contribution >= 4 is 10.9 Å². The van der Waals surface area contributed by atoms with Crippen LogP contribution < -0.4 is 17.3 Å². The van der Waals surface area contributed by atoms with E-state index in [0.29, 0.717) is 0 Å². The van der Waals surface area contributed by atoms with Crippen molar-refractivity contribution in [2.24, 2.45) is 0 Å². The van der Waals surface area contributed by atoms with Gasteiger partial charge in [-0.15, -0.1) is 0 Å². The Morgan fingerprint density at radius 3 is 2.69 bits per heavy atom. The second-order valence-electron chi connectivity index (χ2n) is 4.42. The molecule has 16 heavy (non-hydrogen) atoms. The number of para-hydroxylation sites is 1. The van der Waals surface area contributed by atoms with Crippen molar-refractivity contribution in [3.63, 3.8) is 0 Å². The van der Waals surface area contributed by atoms with Gasteiger partial charge in [0.05, 0.1) is 20.6 Å². The molecule has 2 aromatic rings. The topological polar surface area (TPSA) is 20.2 Å². The van der Waals surface area contributed by atoms with Crippen molar-refractivity contribution in [2.75, 3.05) is 20.6 Å². The molecular formula is C13H19ClN2. The monoisotopic (exact) mass is 238 g/mol. The second kappa shape index (κ2) is 5.92. The van der Waals surface area contributed by atoms with Crippen molar-refractivity contribution < 1.29 is 17.3 Å². The molecule has 2 rings (SSSR count). The zero-order chi connectivity index (χ0) is 10.7. The molecule has 0 spiro atoms. The molecule has 1 aromatic heterocycles. The summed E-state index contributed by atoms with van der Waals surface area (Å²) in [7, 11) is 4.41. The second-order valence-corrected chi connectivity index (χ2v) is 4.42. The predicted octanol–water partition coefficient (Wildman–Crippen LogP) is -1.75. The number of aromatic amines is 1. The number of fused-ring (bicyclic) bond motifs is 1. The fourth-order valence-electron chi connectivity index (χ4n) is 1.97. The molecule has 2 nitrogen and oxygen atoms in total. The summed E-state index contributed by atoms with van der Waals surface area (Å²) in [6, 6.07) is 8.52. The highest BCUT2D eigenvalue weighted by atomic mass is 35.5. The molecule has 0 saturated carbocycles. The Morgan fingerprint density at radius 2 is 1.94 bits per heavy atom. The molecule has 0 aliphatic carbocycles. The predicted molar refractivity (Wildman–Crippen MR) is 64.3 cm³/mol. The number of hydrogen-bond acceptors (Lipinski definition) is 0. The summed E-state index contributed by atoms with van der Waals surface area (Å²) < 4.78 is 0. The highest BCUT2D eigenvalue weighted by Crippen LogP contribution is 2.18. The summed E-state index contributed by atoms with van der Waals surface area (Å²) in [6.07, 6.45) is 4.58. The van der Waals surface area contributed by atoms with Gasteiger partial charge in [-0.2, -0.15) is 0 Å². The standard InChI is InChI=1S/C13H18N2.ClH/c1-15(2)9-5-6-11-10-14-13-8-4-3-7-12(11)13;/h3-4,7-8,10,14H,5-6,9H2,1-2H3;1H. The van der Waals surface area contributed by atoms with Crippen LogP contribution >= 0.6 is 0 Å². The van der Waals surface area contributed by atoms with Gasteiger partial charge in [0.1, 0.15) is 0 Å². The molecule has 2 N–H and O–H groups in total. The van der Waals surface area contributed by atoms with Crippen LogP contribution in [-0.2, 0) is 6.42 Å². The first-order valence-corrected chi connectivity index (χ1v) is 5.61. The lowest BCUT2D eigenvalue weighted by Gasteiger charge is -2.05. The van der Waals surface area contributed by atoms with Crippen LogP contribution in [0.25, 0.3) is 10.9 Å². The molecule has 88 valence electrons. The average Bonchev–Trinajstić information content (AvgIpc) is 2.62. The first kappa shape index (κ1) is 13.1. The molecule has 0 amide bonds. The fourth-order valence-corrected chi connectivity index (χ4v) is 1.97. The average molecular weight is 239 g/mol. The van der Waals surface area contributed by atoms with Crippen LogP contribution in [0.2, 0.25) is 0 Å². The van der Waals surface area contributed by atoms with Gasteiger partial charge in [-0.1, -0.05) is 18.2 Å². The molecule has 1 aromatic carbocycles. The number of nitrogens with one attached hydrogen (secondary N) is 2. The number of hydrogen-bond donors (Lipinski definition) is 2. The third-order valence-electron chi connectivity index (χ3n) is 2.80. The molecule has 0 aliphatic heterocycles.